The maximum absolute atomic E-state index is 11.6. The number of esters is 1. The molecule has 0 aromatic heterocycles. The molecular weight excluding hydrogens is 217 g/mol. The van der Waals surface area contributed by atoms with Crippen molar-refractivity contribution in [3.63, 3.8) is 0 Å². The Morgan fingerprint density at radius 1 is 1.27 bits per heavy atom. The van der Waals surface area contributed by atoms with E-state index in [9.17, 15) is 18.0 Å². The van der Waals surface area contributed by atoms with Gasteiger partial charge in [-0.15, -0.1) is 0 Å². The topological polar surface area (TPSA) is 44.8 Å². The van der Waals surface area contributed by atoms with Crippen molar-refractivity contribution in [2.75, 3.05) is 20.0 Å². The Balaban J connectivity index is 3.36. The Labute approximate surface area is 85.3 Å². The SMILES string of the molecule is CC(C)OCCOCOC(=O)C(F)(F)F. The predicted octanol–water partition coefficient (Wildman–Crippen LogP) is 1.49. The predicted molar refractivity (Wildman–Crippen MR) is 44.1 cm³/mol. The monoisotopic (exact) mass is 230 g/mol. The summed E-state index contributed by atoms with van der Waals surface area (Å²) in [6.07, 6.45) is -4.95. The normalized spacial score (nSPS) is 11.9. The van der Waals surface area contributed by atoms with Crippen molar-refractivity contribution in [3.05, 3.63) is 0 Å². The molecule has 0 heterocycles. The minimum atomic E-state index is -4.97. The Morgan fingerprint density at radius 2 is 1.87 bits per heavy atom. The van der Waals surface area contributed by atoms with Crippen molar-refractivity contribution >= 4 is 5.97 Å². The van der Waals surface area contributed by atoms with Crippen molar-refractivity contribution in [2.45, 2.75) is 26.1 Å². The van der Waals surface area contributed by atoms with E-state index < -0.39 is 18.9 Å². The van der Waals surface area contributed by atoms with E-state index in [1.54, 1.807) is 0 Å². The van der Waals surface area contributed by atoms with Gasteiger partial charge in [0.25, 0.3) is 0 Å². The molecule has 0 atom stereocenters. The van der Waals surface area contributed by atoms with Crippen LogP contribution in [0, 0.1) is 0 Å². The van der Waals surface area contributed by atoms with E-state index in [0.29, 0.717) is 0 Å². The maximum Gasteiger partial charge on any atom is 0.491 e. The molecule has 0 radical (unpaired) electrons. The van der Waals surface area contributed by atoms with Gasteiger partial charge in [-0.1, -0.05) is 0 Å². The minimum Gasteiger partial charge on any atom is -0.432 e. The average Bonchev–Trinajstić information content (AvgIpc) is 2.08. The zero-order chi connectivity index (χ0) is 11.9. The minimum absolute atomic E-state index is 0.0197. The average molecular weight is 230 g/mol. The molecule has 0 saturated carbocycles. The lowest BCUT2D eigenvalue weighted by Gasteiger charge is -2.09. The molecular formula is C8H13F3O4. The van der Waals surface area contributed by atoms with Gasteiger partial charge < -0.3 is 14.2 Å². The van der Waals surface area contributed by atoms with Crippen molar-refractivity contribution < 1.29 is 32.2 Å². The van der Waals surface area contributed by atoms with Crippen LogP contribution >= 0.6 is 0 Å². The highest BCUT2D eigenvalue weighted by Gasteiger charge is 2.40. The van der Waals surface area contributed by atoms with Gasteiger partial charge >= 0.3 is 12.1 Å². The van der Waals surface area contributed by atoms with Gasteiger partial charge in [0.05, 0.1) is 19.3 Å². The third-order valence-corrected chi connectivity index (χ3v) is 1.18. The molecule has 0 aliphatic carbocycles. The second-order valence-electron chi connectivity index (χ2n) is 2.88. The van der Waals surface area contributed by atoms with Gasteiger partial charge in [0.2, 0.25) is 0 Å². The van der Waals surface area contributed by atoms with Crippen LogP contribution in [0.2, 0.25) is 0 Å². The third-order valence-electron chi connectivity index (χ3n) is 1.18. The number of rotatable bonds is 6. The van der Waals surface area contributed by atoms with Crippen LogP contribution in [0.5, 0.6) is 0 Å². The fraction of sp³-hybridized carbons (Fsp3) is 0.875. The van der Waals surface area contributed by atoms with Crippen LogP contribution in [-0.2, 0) is 19.0 Å². The smallest absolute Gasteiger partial charge is 0.432 e. The van der Waals surface area contributed by atoms with E-state index in [1.807, 2.05) is 13.8 Å². The molecule has 0 aliphatic heterocycles. The molecule has 0 saturated heterocycles. The molecule has 0 rings (SSSR count). The van der Waals surface area contributed by atoms with E-state index >= 15 is 0 Å². The largest absolute Gasteiger partial charge is 0.491 e. The van der Waals surface area contributed by atoms with E-state index in [-0.39, 0.29) is 19.3 Å². The van der Waals surface area contributed by atoms with Crippen molar-refractivity contribution in [3.8, 4) is 0 Å². The summed E-state index contributed by atoms with van der Waals surface area (Å²) >= 11 is 0. The van der Waals surface area contributed by atoms with Crippen LogP contribution in [-0.4, -0.2) is 38.3 Å². The van der Waals surface area contributed by atoms with Gasteiger partial charge in [0, 0.05) is 0 Å². The van der Waals surface area contributed by atoms with Crippen molar-refractivity contribution in [2.24, 2.45) is 0 Å². The molecule has 0 aromatic carbocycles. The quantitative estimate of drug-likeness (QED) is 0.394. The van der Waals surface area contributed by atoms with Crippen molar-refractivity contribution in [1.82, 2.24) is 0 Å². The molecule has 0 bridgehead atoms. The first-order valence-corrected chi connectivity index (χ1v) is 4.27. The molecule has 4 nitrogen and oxygen atoms in total. The Bertz CT molecular complexity index is 191. The highest BCUT2D eigenvalue weighted by molar-refractivity contribution is 5.75. The lowest BCUT2D eigenvalue weighted by Crippen LogP contribution is -2.26. The number of halogens is 3. The fourth-order valence-corrected chi connectivity index (χ4v) is 0.579. The summed E-state index contributed by atoms with van der Waals surface area (Å²) in [5.41, 5.74) is 0. The first-order valence-electron chi connectivity index (χ1n) is 4.27. The van der Waals surface area contributed by atoms with Gasteiger partial charge in [-0.05, 0) is 13.8 Å². The molecule has 0 fully saturated rings. The summed E-state index contributed by atoms with van der Waals surface area (Å²) in [5, 5.41) is 0. The van der Waals surface area contributed by atoms with Gasteiger partial charge in [-0.3, -0.25) is 0 Å². The summed E-state index contributed by atoms with van der Waals surface area (Å²) in [5.74, 6) is -2.26. The van der Waals surface area contributed by atoms with Crippen LogP contribution < -0.4 is 0 Å². The summed E-state index contributed by atoms with van der Waals surface area (Å²) in [7, 11) is 0. The van der Waals surface area contributed by atoms with Gasteiger partial charge in [-0.25, -0.2) is 4.79 Å². The van der Waals surface area contributed by atoms with E-state index in [0.717, 1.165) is 0 Å². The Hall–Kier alpha value is -0.820. The number of hydrogen-bond acceptors (Lipinski definition) is 4. The second-order valence-corrected chi connectivity index (χ2v) is 2.88. The van der Waals surface area contributed by atoms with Crippen molar-refractivity contribution in [1.29, 1.82) is 0 Å². The molecule has 90 valence electrons. The van der Waals surface area contributed by atoms with Crippen LogP contribution in [0.1, 0.15) is 13.8 Å². The number of alkyl halides is 3. The molecule has 0 N–H and O–H groups in total. The number of ether oxygens (including phenoxy) is 3. The van der Waals surface area contributed by atoms with Gasteiger partial charge in [0.1, 0.15) is 0 Å². The fourth-order valence-electron chi connectivity index (χ4n) is 0.579. The van der Waals surface area contributed by atoms with Crippen LogP contribution in [0.4, 0.5) is 13.2 Å². The molecule has 0 spiro atoms. The molecule has 0 unspecified atom stereocenters. The first kappa shape index (κ1) is 14.2. The first-order chi connectivity index (χ1) is 6.84. The molecule has 0 aliphatic rings. The summed E-state index contributed by atoms with van der Waals surface area (Å²) in [6, 6.07) is 0. The molecule has 15 heavy (non-hydrogen) atoms. The maximum atomic E-state index is 11.6. The standard InChI is InChI=1S/C8H13F3O4/c1-6(2)14-4-3-13-5-15-7(12)8(9,10)11/h6H,3-5H2,1-2H3. The molecule has 0 amide bonds. The van der Waals surface area contributed by atoms with Crippen LogP contribution in [0.25, 0.3) is 0 Å². The van der Waals surface area contributed by atoms with Gasteiger partial charge in [-0.2, -0.15) is 13.2 Å². The third kappa shape index (κ3) is 8.19. The van der Waals surface area contributed by atoms with Gasteiger partial charge in [0.15, 0.2) is 6.79 Å². The summed E-state index contributed by atoms with van der Waals surface area (Å²) in [6.45, 7) is 3.21. The van der Waals surface area contributed by atoms with E-state index in [2.05, 4.69) is 9.47 Å². The zero-order valence-corrected chi connectivity index (χ0v) is 8.47. The zero-order valence-electron chi connectivity index (χ0n) is 8.47. The number of carbonyl (C=O) groups excluding carboxylic acids is 1. The number of carbonyl (C=O) groups is 1. The van der Waals surface area contributed by atoms with E-state index in [4.69, 9.17) is 4.74 Å². The highest BCUT2D eigenvalue weighted by atomic mass is 19.4. The Morgan fingerprint density at radius 3 is 2.33 bits per heavy atom. The summed E-state index contributed by atoms with van der Waals surface area (Å²) in [4.78, 5) is 10.1. The van der Waals surface area contributed by atoms with Crippen LogP contribution in [0.3, 0.4) is 0 Å². The van der Waals surface area contributed by atoms with E-state index in [1.165, 1.54) is 0 Å². The number of hydrogen-bond donors (Lipinski definition) is 0. The molecule has 0 aromatic rings. The molecule has 7 heteroatoms. The lowest BCUT2D eigenvalue weighted by molar-refractivity contribution is -0.210. The highest BCUT2D eigenvalue weighted by Crippen LogP contribution is 2.16. The van der Waals surface area contributed by atoms with Crippen LogP contribution in [0.15, 0.2) is 0 Å². The lowest BCUT2D eigenvalue weighted by atomic mass is 10.5. The Kier molecular flexibility index (Phi) is 6.26. The second kappa shape index (κ2) is 6.62. The summed E-state index contributed by atoms with van der Waals surface area (Å²) < 4.78 is 48.1.